The van der Waals surface area contributed by atoms with Crippen LogP contribution in [0.5, 0.6) is 0 Å². The van der Waals surface area contributed by atoms with Crippen LogP contribution in [-0.4, -0.2) is 43.4 Å². The molecule has 1 heterocycles. The van der Waals surface area contributed by atoms with E-state index in [1.165, 1.54) is 4.90 Å². The molecule has 0 atom stereocenters. The molecule has 2 rings (SSSR count). The number of carbonyl (C=O) groups is 2. The van der Waals surface area contributed by atoms with Gasteiger partial charge in [0.05, 0.1) is 6.54 Å². The van der Waals surface area contributed by atoms with Crippen LogP contribution in [0.2, 0.25) is 0 Å². The number of nitrogens with zero attached hydrogens (tertiary/aromatic N) is 1. The van der Waals surface area contributed by atoms with Crippen LogP contribution in [0.3, 0.4) is 0 Å². The molecule has 0 aromatic heterocycles. The van der Waals surface area contributed by atoms with Crippen LogP contribution in [0, 0.1) is 5.41 Å². The molecule has 21 heavy (non-hydrogen) atoms. The summed E-state index contributed by atoms with van der Waals surface area (Å²) in [6.45, 7) is 3.77. The highest BCUT2D eigenvalue weighted by molar-refractivity contribution is 5.95. The molecule has 1 saturated heterocycles. The third-order valence-corrected chi connectivity index (χ3v) is 4.01. The second-order valence-electron chi connectivity index (χ2n) is 5.89. The molecule has 0 aliphatic carbocycles. The number of carbonyl (C=O) groups excluding carboxylic acids is 2. The van der Waals surface area contributed by atoms with Crippen molar-refractivity contribution < 1.29 is 9.59 Å². The molecule has 5 nitrogen and oxygen atoms in total. The Morgan fingerprint density at radius 1 is 1.24 bits per heavy atom. The molecule has 1 fully saturated rings. The van der Waals surface area contributed by atoms with Crippen molar-refractivity contribution in [3.63, 3.8) is 0 Å². The Bertz CT molecular complexity index is 496. The maximum absolute atomic E-state index is 12.5. The Morgan fingerprint density at radius 2 is 1.86 bits per heavy atom. The van der Waals surface area contributed by atoms with Crippen molar-refractivity contribution in [3.8, 4) is 0 Å². The molecular weight excluding hydrogens is 266 g/mol. The monoisotopic (exact) mass is 289 g/mol. The molecular formula is C16H23N3O2. The molecule has 2 N–H and O–H groups in total. The van der Waals surface area contributed by atoms with E-state index in [-0.39, 0.29) is 23.8 Å². The summed E-state index contributed by atoms with van der Waals surface area (Å²) >= 11 is 0. The van der Waals surface area contributed by atoms with Gasteiger partial charge in [0.1, 0.15) is 0 Å². The van der Waals surface area contributed by atoms with Crippen molar-refractivity contribution in [3.05, 3.63) is 30.3 Å². The lowest BCUT2D eigenvalue weighted by Gasteiger charge is -2.35. The van der Waals surface area contributed by atoms with Gasteiger partial charge in [-0.15, -0.1) is 0 Å². The van der Waals surface area contributed by atoms with E-state index in [4.69, 9.17) is 0 Å². The summed E-state index contributed by atoms with van der Waals surface area (Å²) in [5.74, 6) is -0.123. The average Bonchev–Trinajstić information content (AvgIpc) is 2.48. The first kappa shape index (κ1) is 15.5. The molecule has 5 heteroatoms. The van der Waals surface area contributed by atoms with Gasteiger partial charge in [-0.2, -0.15) is 0 Å². The van der Waals surface area contributed by atoms with Gasteiger partial charge in [0, 0.05) is 18.2 Å². The third kappa shape index (κ3) is 4.04. The summed E-state index contributed by atoms with van der Waals surface area (Å²) in [6, 6.07) is 9.27. The van der Waals surface area contributed by atoms with E-state index in [1.54, 1.807) is 7.05 Å². The quantitative estimate of drug-likeness (QED) is 0.882. The zero-order valence-corrected chi connectivity index (χ0v) is 12.7. The first-order valence-electron chi connectivity index (χ1n) is 7.32. The minimum absolute atomic E-state index is 0.0483. The van der Waals surface area contributed by atoms with Crippen LogP contribution in [-0.2, 0) is 9.59 Å². The van der Waals surface area contributed by atoms with Gasteiger partial charge in [0.2, 0.25) is 11.8 Å². The van der Waals surface area contributed by atoms with E-state index in [0.29, 0.717) is 0 Å². The average molecular weight is 289 g/mol. The number of likely N-dealkylation sites (N-methyl/N-ethyl adjacent to an activating group) is 1. The highest BCUT2D eigenvalue weighted by Gasteiger charge is 2.36. The molecule has 1 aromatic rings. The van der Waals surface area contributed by atoms with E-state index < -0.39 is 0 Å². The van der Waals surface area contributed by atoms with Gasteiger partial charge in [-0.05, 0) is 38.1 Å². The number of amides is 2. The van der Waals surface area contributed by atoms with Crippen molar-refractivity contribution in [2.45, 2.75) is 19.8 Å². The fourth-order valence-electron chi connectivity index (χ4n) is 2.66. The Balaban J connectivity index is 1.89. The summed E-state index contributed by atoms with van der Waals surface area (Å²) in [6.07, 6.45) is 1.63. The summed E-state index contributed by atoms with van der Waals surface area (Å²) < 4.78 is 0. The second kappa shape index (κ2) is 6.72. The van der Waals surface area contributed by atoms with E-state index >= 15 is 0 Å². The van der Waals surface area contributed by atoms with Gasteiger partial charge in [-0.3, -0.25) is 9.59 Å². The Morgan fingerprint density at radius 3 is 2.48 bits per heavy atom. The number of hydrogen-bond acceptors (Lipinski definition) is 3. The van der Waals surface area contributed by atoms with Crippen molar-refractivity contribution in [2.75, 3.05) is 32.0 Å². The summed E-state index contributed by atoms with van der Waals surface area (Å²) in [7, 11) is 1.69. The summed E-state index contributed by atoms with van der Waals surface area (Å²) in [5.41, 5.74) is 0.393. The molecule has 1 aromatic carbocycles. The zero-order chi connectivity index (χ0) is 15.3. The number of hydrogen-bond donors (Lipinski definition) is 2. The number of piperidine rings is 1. The van der Waals surface area contributed by atoms with E-state index in [1.807, 2.05) is 37.3 Å². The second-order valence-corrected chi connectivity index (χ2v) is 5.89. The van der Waals surface area contributed by atoms with Crippen LogP contribution in [0.25, 0.3) is 0 Å². The molecule has 0 bridgehead atoms. The van der Waals surface area contributed by atoms with Gasteiger partial charge in [0.15, 0.2) is 0 Å². The predicted molar refractivity (Wildman–Crippen MR) is 82.9 cm³/mol. The number of anilines is 1. The van der Waals surface area contributed by atoms with E-state index in [0.717, 1.165) is 31.6 Å². The molecule has 0 saturated carbocycles. The zero-order valence-electron chi connectivity index (χ0n) is 12.7. The standard InChI is InChI=1S/C16H23N3O2/c1-16(8-10-17-11-9-16)15(21)19(2)12-14(20)18-13-6-4-3-5-7-13/h3-7,17H,8-12H2,1-2H3,(H,18,20). The van der Waals surface area contributed by atoms with Gasteiger partial charge >= 0.3 is 0 Å². The minimum atomic E-state index is -0.354. The maximum Gasteiger partial charge on any atom is 0.243 e. The Labute approximate surface area is 125 Å². The van der Waals surface area contributed by atoms with Crippen LogP contribution < -0.4 is 10.6 Å². The fraction of sp³-hybridized carbons (Fsp3) is 0.500. The van der Waals surface area contributed by atoms with Crippen LogP contribution in [0.1, 0.15) is 19.8 Å². The predicted octanol–water partition coefficient (Wildman–Crippen LogP) is 1.47. The van der Waals surface area contributed by atoms with Crippen LogP contribution >= 0.6 is 0 Å². The van der Waals surface area contributed by atoms with Crippen LogP contribution in [0.15, 0.2) is 30.3 Å². The lowest BCUT2D eigenvalue weighted by atomic mass is 9.80. The van der Waals surface area contributed by atoms with Crippen molar-refractivity contribution >= 4 is 17.5 Å². The molecule has 1 aliphatic rings. The molecule has 0 unspecified atom stereocenters. The van der Waals surface area contributed by atoms with Crippen molar-refractivity contribution in [1.29, 1.82) is 0 Å². The van der Waals surface area contributed by atoms with Crippen molar-refractivity contribution in [1.82, 2.24) is 10.2 Å². The topological polar surface area (TPSA) is 61.4 Å². The lowest BCUT2D eigenvalue weighted by molar-refractivity contribution is -0.143. The highest BCUT2D eigenvalue weighted by atomic mass is 16.2. The summed E-state index contributed by atoms with van der Waals surface area (Å²) in [4.78, 5) is 26.1. The number of benzene rings is 1. The van der Waals surface area contributed by atoms with Gasteiger partial charge < -0.3 is 15.5 Å². The maximum atomic E-state index is 12.5. The van der Waals surface area contributed by atoms with Crippen LogP contribution in [0.4, 0.5) is 5.69 Å². The number of para-hydroxylation sites is 1. The van der Waals surface area contributed by atoms with Gasteiger partial charge in [-0.1, -0.05) is 25.1 Å². The normalized spacial score (nSPS) is 17.0. The van der Waals surface area contributed by atoms with Crippen molar-refractivity contribution in [2.24, 2.45) is 5.41 Å². The fourth-order valence-corrected chi connectivity index (χ4v) is 2.66. The third-order valence-electron chi connectivity index (χ3n) is 4.01. The highest BCUT2D eigenvalue weighted by Crippen LogP contribution is 2.29. The smallest absolute Gasteiger partial charge is 0.243 e. The van der Waals surface area contributed by atoms with E-state index in [9.17, 15) is 9.59 Å². The number of rotatable bonds is 4. The molecule has 0 radical (unpaired) electrons. The molecule has 114 valence electrons. The SMILES string of the molecule is CN(CC(=O)Nc1ccccc1)C(=O)C1(C)CCNCC1. The van der Waals surface area contributed by atoms with Gasteiger partial charge in [0.25, 0.3) is 0 Å². The molecule has 2 amide bonds. The molecule has 0 spiro atoms. The minimum Gasteiger partial charge on any atom is -0.336 e. The Kier molecular flexibility index (Phi) is 4.96. The number of nitrogens with one attached hydrogen (secondary N) is 2. The largest absolute Gasteiger partial charge is 0.336 e. The van der Waals surface area contributed by atoms with Gasteiger partial charge in [-0.25, -0.2) is 0 Å². The first-order chi connectivity index (χ1) is 10.0. The lowest BCUT2D eigenvalue weighted by Crippen LogP contribution is -2.48. The summed E-state index contributed by atoms with van der Waals surface area (Å²) in [5, 5.41) is 6.06. The first-order valence-corrected chi connectivity index (χ1v) is 7.32. The Hall–Kier alpha value is -1.88. The molecule has 1 aliphatic heterocycles. The van der Waals surface area contributed by atoms with E-state index in [2.05, 4.69) is 10.6 Å².